The van der Waals surface area contributed by atoms with E-state index in [1.54, 1.807) is 18.2 Å². The molecule has 0 aromatic heterocycles. The highest BCUT2D eigenvalue weighted by atomic mass is 35.5. The number of rotatable bonds is 2. The highest BCUT2D eigenvalue weighted by molar-refractivity contribution is 6.05. The number of fused-ring (bicyclic) bond motifs is 1. The molecule has 0 saturated carbocycles. The molecule has 0 atom stereocenters. The lowest BCUT2D eigenvalue weighted by molar-refractivity contribution is 0.101. The van der Waals surface area contributed by atoms with Crippen LogP contribution in [-0.4, -0.2) is 12.5 Å². The van der Waals surface area contributed by atoms with Gasteiger partial charge in [0.15, 0.2) is 23.3 Å². The van der Waals surface area contributed by atoms with Gasteiger partial charge in [-0.05, 0) is 30.5 Å². The summed E-state index contributed by atoms with van der Waals surface area (Å²) < 4.78 is 53.6. The van der Waals surface area contributed by atoms with E-state index in [4.69, 9.17) is 0 Å². The van der Waals surface area contributed by atoms with E-state index >= 15 is 0 Å². The first kappa shape index (κ1) is 18.1. The zero-order valence-corrected chi connectivity index (χ0v) is 13.1. The average molecular weight is 361 g/mol. The molecule has 1 aliphatic heterocycles. The van der Waals surface area contributed by atoms with Gasteiger partial charge in [-0.15, -0.1) is 12.4 Å². The van der Waals surface area contributed by atoms with Gasteiger partial charge in [0, 0.05) is 24.0 Å². The van der Waals surface area contributed by atoms with Crippen molar-refractivity contribution in [1.29, 1.82) is 0 Å². The second-order valence-corrected chi connectivity index (χ2v) is 5.20. The minimum absolute atomic E-state index is 0. The summed E-state index contributed by atoms with van der Waals surface area (Å²) in [6, 6.07) is 5.01. The van der Waals surface area contributed by atoms with Gasteiger partial charge < -0.3 is 10.6 Å². The molecule has 3 nitrogen and oxygen atoms in total. The van der Waals surface area contributed by atoms with Crippen molar-refractivity contribution in [2.75, 3.05) is 17.2 Å². The molecule has 2 aromatic carbocycles. The van der Waals surface area contributed by atoms with E-state index in [9.17, 15) is 22.4 Å². The van der Waals surface area contributed by atoms with Crippen LogP contribution in [0.4, 0.5) is 28.9 Å². The number of amides is 1. The maximum Gasteiger partial charge on any atom is 0.261 e. The molecule has 0 saturated heterocycles. The molecule has 2 N–H and O–H groups in total. The Bertz CT molecular complexity index is 772. The number of anilines is 2. The molecule has 24 heavy (non-hydrogen) atoms. The van der Waals surface area contributed by atoms with Gasteiger partial charge in [0.1, 0.15) is 5.56 Å². The van der Waals surface area contributed by atoms with Crippen molar-refractivity contribution in [2.45, 2.75) is 12.8 Å². The molecule has 0 aliphatic carbocycles. The number of nitrogens with one attached hydrogen (secondary N) is 2. The molecular formula is C16H13ClF4N2O. The smallest absolute Gasteiger partial charge is 0.261 e. The van der Waals surface area contributed by atoms with Gasteiger partial charge in [0.2, 0.25) is 0 Å². The Morgan fingerprint density at radius 3 is 2.38 bits per heavy atom. The molecule has 0 fully saturated rings. The third-order valence-electron chi connectivity index (χ3n) is 3.64. The van der Waals surface area contributed by atoms with Crippen molar-refractivity contribution < 1.29 is 22.4 Å². The Labute approximate surface area is 141 Å². The largest absolute Gasteiger partial charge is 0.385 e. The lowest BCUT2D eigenvalue weighted by Gasteiger charge is -2.19. The highest BCUT2D eigenvalue weighted by Crippen LogP contribution is 2.26. The summed E-state index contributed by atoms with van der Waals surface area (Å²) in [5.74, 6) is -7.95. The predicted molar refractivity (Wildman–Crippen MR) is 84.7 cm³/mol. The summed E-state index contributed by atoms with van der Waals surface area (Å²) in [5.41, 5.74) is 0.851. The van der Waals surface area contributed by atoms with Crippen molar-refractivity contribution >= 4 is 29.7 Å². The van der Waals surface area contributed by atoms with E-state index in [2.05, 4.69) is 10.6 Å². The average Bonchev–Trinajstić information content (AvgIpc) is 2.53. The Morgan fingerprint density at radius 1 is 1.04 bits per heavy atom. The number of carbonyl (C=O) groups excluding carboxylic acids is 1. The number of halogens is 5. The standard InChI is InChI=1S/C16H12F4N2O.ClH/c17-10-7-11(18)15(20)13(14(10)19)16(23)22-9-4-3-8-2-1-5-21-12(8)6-9;/h3-4,6-7,21H,1-2,5H2,(H,22,23);1H. The fourth-order valence-electron chi connectivity index (χ4n) is 2.50. The monoisotopic (exact) mass is 360 g/mol. The number of aryl methyl sites for hydroxylation is 1. The number of hydrogen-bond donors (Lipinski definition) is 2. The van der Waals surface area contributed by atoms with Gasteiger partial charge >= 0.3 is 0 Å². The van der Waals surface area contributed by atoms with E-state index < -0.39 is 34.7 Å². The molecule has 2 aromatic rings. The Hall–Kier alpha value is -2.28. The number of benzene rings is 2. The molecule has 0 spiro atoms. The normalized spacial score (nSPS) is 12.7. The minimum Gasteiger partial charge on any atom is -0.385 e. The SMILES string of the molecule is Cl.O=C(Nc1ccc2c(c1)NCCC2)c1c(F)c(F)cc(F)c1F. The Morgan fingerprint density at radius 2 is 1.71 bits per heavy atom. The molecule has 0 unspecified atom stereocenters. The second-order valence-electron chi connectivity index (χ2n) is 5.20. The van der Waals surface area contributed by atoms with Gasteiger partial charge in [0.05, 0.1) is 0 Å². The van der Waals surface area contributed by atoms with E-state index in [0.717, 1.165) is 30.6 Å². The summed E-state index contributed by atoms with van der Waals surface area (Å²) >= 11 is 0. The van der Waals surface area contributed by atoms with Crippen molar-refractivity contribution in [3.8, 4) is 0 Å². The highest BCUT2D eigenvalue weighted by Gasteiger charge is 2.25. The van der Waals surface area contributed by atoms with Crippen molar-refractivity contribution in [2.24, 2.45) is 0 Å². The molecule has 8 heteroatoms. The third-order valence-corrected chi connectivity index (χ3v) is 3.64. The molecule has 1 aliphatic rings. The topological polar surface area (TPSA) is 41.1 Å². The summed E-state index contributed by atoms with van der Waals surface area (Å²) in [6.45, 7) is 0.781. The van der Waals surface area contributed by atoms with E-state index in [1.807, 2.05) is 0 Å². The summed E-state index contributed by atoms with van der Waals surface area (Å²) in [6.07, 6.45) is 1.87. The van der Waals surface area contributed by atoms with Crippen LogP contribution in [0.1, 0.15) is 22.3 Å². The van der Waals surface area contributed by atoms with Crippen molar-refractivity contribution in [1.82, 2.24) is 0 Å². The maximum atomic E-state index is 13.6. The number of hydrogen-bond acceptors (Lipinski definition) is 2. The molecule has 3 rings (SSSR count). The minimum atomic E-state index is -1.72. The van der Waals surface area contributed by atoms with Gasteiger partial charge in [-0.2, -0.15) is 0 Å². The third kappa shape index (κ3) is 3.31. The van der Waals surface area contributed by atoms with Crippen LogP contribution < -0.4 is 10.6 Å². The fourth-order valence-corrected chi connectivity index (χ4v) is 2.50. The first-order valence-electron chi connectivity index (χ1n) is 6.98. The van der Waals surface area contributed by atoms with Crippen LogP contribution in [0.15, 0.2) is 24.3 Å². The second kappa shape index (κ2) is 7.09. The van der Waals surface area contributed by atoms with Gasteiger partial charge in [0.25, 0.3) is 5.91 Å². The lowest BCUT2D eigenvalue weighted by Crippen LogP contribution is -2.18. The first-order valence-corrected chi connectivity index (χ1v) is 6.98. The fraction of sp³-hybridized carbons (Fsp3) is 0.188. The van der Waals surface area contributed by atoms with Crippen LogP contribution in [0.25, 0.3) is 0 Å². The van der Waals surface area contributed by atoms with Crippen molar-refractivity contribution in [3.05, 3.63) is 58.7 Å². The lowest BCUT2D eigenvalue weighted by atomic mass is 10.0. The predicted octanol–water partition coefficient (Wildman–Crippen LogP) is 4.28. The van der Waals surface area contributed by atoms with Gasteiger partial charge in [-0.1, -0.05) is 6.07 Å². The van der Waals surface area contributed by atoms with Crippen LogP contribution in [0.3, 0.4) is 0 Å². The molecule has 1 amide bonds. The summed E-state index contributed by atoms with van der Waals surface area (Å²) in [4.78, 5) is 12.0. The molecule has 128 valence electrons. The molecular weight excluding hydrogens is 348 g/mol. The van der Waals surface area contributed by atoms with Crippen LogP contribution in [-0.2, 0) is 6.42 Å². The van der Waals surface area contributed by atoms with Crippen molar-refractivity contribution in [3.63, 3.8) is 0 Å². The van der Waals surface area contributed by atoms with Crippen LogP contribution >= 0.6 is 12.4 Å². The molecule has 1 heterocycles. The Balaban J connectivity index is 0.00000208. The Kier molecular flexibility index (Phi) is 5.33. The molecule has 0 radical (unpaired) electrons. The van der Waals surface area contributed by atoms with E-state index in [1.165, 1.54) is 0 Å². The van der Waals surface area contributed by atoms with Gasteiger partial charge in [-0.25, -0.2) is 17.6 Å². The van der Waals surface area contributed by atoms with Crippen LogP contribution in [0.5, 0.6) is 0 Å². The summed E-state index contributed by atoms with van der Waals surface area (Å²) in [5, 5.41) is 5.39. The zero-order valence-electron chi connectivity index (χ0n) is 12.3. The van der Waals surface area contributed by atoms with Gasteiger partial charge in [-0.3, -0.25) is 4.79 Å². The maximum absolute atomic E-state index is 13.6. The van der Waals surface area contributed by atoms with E-state index in [-0.39, 0.29) is 24.2 Å². The van der Waals surface area contributed by atoms with Crippen LogP contribution in [0, 0.1) is 23.3 Å². The quantitative estimate of drug-likeness (QED) is 0.620. The van der Waals surface area contributed by atoms with E-state index in [0.29, 0.717) is 0 Å². The summed E-state index contributed by atoms with van der Waals surface area (Å²) in [7, 11) is 0. The first-order chi connectivity index (χ1) is 11.0. The molecule has 0 bridgehead atoms. The van der Waals surface area contributed by atoms with Crippen LogP contribution in [0.2, 0.25) is 0 Å². The zero-order chi connectivity index (χ0) is 16.6. The number of carbonyl (C=O) groups is 1.